The lowest BCUT2D eigenvalue weighted by Crippen LogP contribution is -2.33. The van der Waals surface area contributed by atoms with E-state index in [1.807, 2.05) is 25.1 Å². The van der Waals surface area contributed by atoms with Crippen molar-refractivity contribution in [3.05, 3.63) is 59.3 Å². The summed E-state index contributed by atoms with van der Waals surface area (Å²) in [6, 6.07) is 12.5. The summed E-state index contributed by atoms with van der Waals surface area (Å²) in [5, 5.41) is 4.28. The highest BCUT2D eigenvalue weighted by atomic mass is 16.7. The fourth-order valence-electron chi connectivity index (χ4n) is 3.98. The lowest BCUT2D eigenvalue weighted by molar-refractivity contribution is -0.121. The van der Waals surface area contributed by atoms with Gasteiger partial charge in [0.25, 0.3) is 0 Å². The second kappa shape index (κ2) is 8.19. The molecule has 0 aliphatic carbocycles. The van der Waals surface area contributed by atoms with E-state index in [9.17, 15) is 4.79 Å². The van der Waals surface area contributed by atoms with Gasteiger partial charge in [-0.1, -0.05) is 38.1 Å². The van der Waals surface area contributed by atoms with Crippen LogP contribution in [0.4, 0.5) is 0 Å². The standard InChI is InChI=1S/C24H28N2O3/c1-4-15(3)26-23(27)12-19(17-9-10-21-22(11-17)29-14-28-21)20-13-25-24-16(5-2)7-6-8-18(20)24/h6-11,13,15,19,25H,4-5,12,14H2,1-3H3,(H,26,27)/t15-,19-/m0/s1. The molecule has 0 saturated carbocycles. The molecule has 2 atom stereocenters. The Morgan fingerprint density at radius 3 is 2.79 bits per heavy atom. The Morgan fingerprint density at radius 2 is 2.00 bits per heavy atom. The van der Waals surface area contributed by atoms with Gasteiger partial charge in [0, 0.05) is 35.5 Å². The predicted molar refractivity (Wildman–Crippen MR) is 115 cm³/mol. The molecule has 152 valence electrons. The maximum absolute atomic E-state index is 12.8. The van der Waals surface area contributed by atoms with Crippen LogP contribution in [0.15, 0.2) is 42.6 Å². The molecule has 2 N–H and O–H groups in total. The highest BCUT2D eigenvalue weighted by molar-refractivity contribution is 5.88. The van der Waals surface area contributed by atoms with E-state index in [2.05, 4.69) is 48.5 Å². The summed E-state index contributed by atoms with van der Waals surface area (Å²) in [4.78, 5) is 16.3. The average Bonchev–Trinajstić information content (AvgIpc) is 3.38. The van der Waals surface area contributed by atoms with Crippen molar-refractivity contribution in [2.75, 3.05) is 6.79 Å². The first kappa shape index (κ1) is 19.4. The van der Waals surface area contributed by atoms with Crippen molar-refractivity contribution in [1.82, 2.24) is 10.3 Å². The number of aromatic nitrogens is 1. The summed E-state index contributed by atoms with van der Waals surface area (Å²) in [6.45, 7) is 6.51. The number of hydrogen-bond acceptors (Lipinski definition) is 3. The summed E-state index contributed by atoms with van der Waals surface area (Å²) < 4.78 is 11.1. The summed E-state index contributed by atoms with van der Waals surface area (Å²) in [5.74, 6) is 1.48. The number of nitrogens with one attached hydrogen (secondary N) is 2. The Balaban J connectivity index is 1.75. The third kappa shape index (κ3) is 3.82. The molecule has 3 aromatic rings. The smallest absolute Gasteiger partial charge is 0.231 e. The van der Waals surface area contributed by atoms with Gasteiger partial charge in [0.05, 0.1) is 0 Å². The number of fused-ring (bicyclic) bond motifs is 2. The van der Waals surface area contributed by atoms with Crippen molar-refractivity contribution < 1.29 is 14.3 Å². The van der Waals surface area contributed by atoms with Crippen LogP contribution < -0.4 is 14.8 Å². The topological polar surface area (TPSA) is 63.4 Å². The molecule has 4 rings (SSSR count). The third-order valence-corrected chi connectivity index (χ3v) is 5.80. The monoisotopic (exact) mass is 392 g/mol. The van der Waals surface area contributed by atoms with Gasteiger partial charge < -0.3 is 19.8 Å². The minimum Gasteiger partial charge on any atom is -0.454 e. The van der Waals surface area contributed by atoms with E-state index >= 15 is 0 Å². The number of aryl methyl sites for hydroxylation is 1. The zero-order chi connectivity index (χ0) is 20.4. The molecule has 2 heterocycles. The number of para-hydroxylation sites is 1. The molecule has 0 fully saturated rings. The first-order valence-corrected chi connectivity index (χ1v) is 10.4. The molecule has 1 aliphatic rings. The van der Waals surface area contributed by atoms with E-state index < -0.39 is 0 Å². The fourth-order valence-corrected chi connectivity index (χ4v) is 3.98. The van der Waals surface area contributed by atoms with Crippen LogP contribution in [0, 0.1) is 0 Å². The van der Waals surface area contributed by atoms with Crippen LogP contribution in [0.5, 0.6) is 11.5 Å². The van der Waals surface area contributed by atoms with Gasteiger partial charge in [-0.2, -0.15) is 0 Å². The Labute approximate surface area is 171 Å². The SMILES string of the molecule is CCc1cccc2c([C@@H](CC(=O)N[C@@H](C)CC)c3ccc4c(c3)OCO4)c[nH]c12. The second-order valence-corrected chi connectivity index (χ2v) is 7.68. The van der Waals surface area contributed by atoms with Gasteiger partial charge in [-0.15, -0.1) is 0 Å². The highest BCUT2D eigenvalue weighted by Crippen LogP contribution is 2.39. The van der Waals surface area contributed by atoms with Crippen molar-refractivity contribution in [1.29, 1.82) is 0 Å². The molecule has 0 saturated heterocycles. The van der Waals surface area contributed by atoms with Gasteiger partial charge in [-0.05, 0) is 48.6 Å². The number of carbonyl (C=O) groups is 1. The molecule has 5 heteroatoms. The summed E-state index contributed by atoms with van der Waals surface area (Å²) in [6.07, 6.45) is 4.30. The molecule has 29 heavy (non-hydrogen) atoms. The molecule has 1 aromatic heterocycles. The number of rotatable bonds is 7. The second-order valence-electron chi connectivity index (χ2n) is 7.68. The molecule has 2 aromatic carbocycles. The van der Waals surface area contributed by atoms with Crippen molar-refractivity contribution in [2.24, 2.45) is 0 Å². The van der Waals surface area contributed by atoms with E-state index in [0.717, 1.165) is 41.0 Å². The minimum atomic E-state index is -0.0746. The molecule has 0 bridgehead atoms. The van der Waals surface area contributed by atoms with Gasteiger partial charge in [0.2, 0.25) is 12.7 Å². The number of carbonyl (C=O) groups excluding carboxylic acids is 1. The molecular formula is C24H28N2O3. The molecule has 5 nitrogen and oxygen atoms in total. The Bertz CT molecular complexity index is 1020. The zero-order valence-electron chi connectivity index (χ0n) is 17.2. The van der Waals surface area contributed by atoms with Crippen molar-refractivity contribution in [2.45, 2.75) is 52.0 Å². The van der Waals surface area contributed by atoms with Crippen molar-refractivity contribution >= 4 is 16.8 Å². The van der Waals surface area contributed by atoms with Gasteiger partial charge in [0.15, 0.2) is 11.5 Å². The van der Waals surface area contributed by atoms with Crippen LogP contribution in [-0.2, 0) is 11.2 Å². The number of H-pyrrole nitrogens is 1. The number of ether oxygens (including phenoxy) is 2. The lowest BCUT2D eigenvalue weighted by Gasteiger charge is -2.19. The maximum atomic E-state index is 12.8. The first-order valence-electron chi connectivity index (χ1n) is 10.4. The Kier molecular flexibility index (Phi) is 5.47. The third-order valence-electron chi connectivity index (χ3n) is 5.80. The number of aromatic amines is 1. The molecule has 0 unspecified atom stereocenters. The summed E-state index contributed by atoms with van der Waals surface area (Å²) >= 11 is 0. The molecule has 1 amide bonds. The van der Waals surface area contributed by atoms with Gasteiger partial charge in [-0.3, -0.25) is 4.79 Å². The van der Waals surface area contributed by atoms with Crippen LogP contribution in [0.3, 0.4) is 0 Å². The van der Waals surface area contributed by atoms with Crippen molar-refractivity contribution in [3.63, 3.8) is 0 Å². The molecule has 1 aliphatic heterocycles. The summed E-state index contributed by atoms with van der Waals surface area (Å²) in [5.41, 5.74) is 4.62. The van der Waals surface area contributed by atoms with E-state index in [1.54, 1.807) is 0 Å². The van der Waals surface area contributed by atoms with E-state index in [4.69, 9.17) is 9.47 Å². The van der Waals surface area contributed by atoms with Crippen LogP contribution in [0.2, 0.25) is 0 Å². The van der Waals surface area contributed by atoms with Gasteiger partial charge >= 0.3 is 0 Å². The molecule has 0 spiro atoms. The first-order chi connectivity index (χ1) is 14.1. The largest absolute Gasteiger partial charge is 0.454 e. The maximum Gasteiger partial charge on any atom is 0.231 e. The Hall–Kier alpha value is -2.95. The van der Waals surface area contributed by atoms with Crippen LogP contribution >= 0.6 is 0 Å². The fraction of sp³-hybridized carbons (Fsp3) is 0.375. The average molecular weight is 392 g/mol. The van der Waals surface area contributed by atoms with Gasteiger partial charge in [-0.25, -0.2) is 0 Å². The van der Waals surface area contributed by atoms with E-state index in [-0.39, 0.29) is 24.7 Å². The molecule has 0 radical (unpaired) electrons. The van der Waals surface area contributed by atoms with Crippen molar-refractivity contribution in [3.8, 4) is 11.5 Å². The number of hydrogen-bond donors (Lipinski definition) is 2. The summed E-state index contributed by atoms with van der Waals surface area (Å²) in [7, 11) is 0. The molecular weight excluding hydrogens is 364 g/mol. The zero-order valence-corrected chi connectivity index (χ0v) is 17.2. The quantitative estimate of drug-likeness (QED) is 0.601. The van der Waals surface area contributed by atoms with Crippen LogP contribution in [-0.4, -0.2) is 23.7 Å². The van der Waals surface area contributed by atoms with E-state index in [0.29, 0.717) is 6.42 Å². The number of benzene rings is 2. The van der Waals surface area contributed by atoms with E-state index in [1.165, 1.54) is 10.9 Å². The minimum absolute atomic E-state index is 0.0583. The normalized spacial score (nSPS) is 14.7. The predicted octanol–water partition coefficient (Wildman–Crippen LogP) is 4.90. The van der Waals surface area contributed by atoms with Crippen LogP contribution in [0.1, 0.15) is 56.2 Å². The lowest BCUT2D eigenvalue weighted by atomic mass is 9.87. The highest BCUT2D eigenvalue weighted by Gasteiger charge is 2.25. The van der Waals surface area contributed by atoms with Crippen LogP contribution in [0.25, 0.3) is 10.9 Å². The Morgan fingerprint density at radius 1 is 1.17 bits per heavy atom. The van der Waals surface area contributed by atoms with Gasteiger partial charge in [0.1, 0.15) is 0 Å². The number of amides is 1.